The third-order valence-corrected chi connectivity index (χ3v) is 4.79. The number of hydrazone groups is 1. The van der Waals surface area contributed by atoms with Gasteiger partial charge in [0.25, 0.3) is 0 Å². The van der Waals surface area contributed by atoms with E-state index in [0.717, 1.165) is 28.3 Å². The summed E-state index contributed by atoms with van der Waals surface area (Å²) in [5, 5.41) is 12.2. The molecular weight excluding hydrogens is 425 g/mol. The molecule has 4 aromatic rings. The van der Waals surface area contributed by atoms with Gasteiger partial charge in [-0.15, -0.1) is 0 Å². The van der Waals surface area contributed by atoms with Crippen LogP contribution in [0.2, 0.25) is 0 Å². The number of nitrogens with one attached hydrogen (secondary N) is 2. The van der Waals surface area contributed by atoms with Gasteiger partial charge in [-0.05, 0) is 72.9 Å². The number of benzene rings is 3. The maximum Gasteiger partial charge on any atom is 0.191 e. The number of hydrogen-bond acceptors (Lipinski definition) is 4. The first kappa shape index (κ1) is 21.2. The molecule has 0 spiro atoms. The van der Waals surface area contributed by atoms with E-state index in [2.05, 4.69) is 15.8 Å². The minimum Gasteiger partial charge on any atom is -0.497 e. The fourth-order valence-electron chi connectivity index (χ4n) is 3.02. The minimum absolute atomic E-state index is 0.286. The van der Waals surface area contributed by atoms with Gasteiger partial charge in [0.2, 0.25) is 0 Å². The first-order chi connectivity index (χ1) is 15.6. The molecule has 0 amide bonds. The van der Waals surface area contributed by atoms with Gasteiger partial charge in [-0.3, -0.25) is 5.43 Å². The summed E-state index contributed by atoms with van der Waals surface area (Å²) in [4.78, 5) is 0. The smallest absolute Gasteiger partial charge is 0.191 e. The summed E-state index contributed by atoms with van der Waals surface area (Å²) in [5.74, 6) is 0.458. The highest BCUT2D eigenvalue weighted by molar-refractivity contribution is 7.80. The van der Waals surface area contributed by atoms with E-state index in [0.29, 0.717) is 5.69 Å². The number of ether oxygens (including phenoxy) is 1. The molecule has 2 N–H and O–H groups in total. The van der Waals surface area contributed by atoms with Crippen LogP contribution in [0, 0.1) is 5.82 Å². The molecule has 6 nitrogen and oxygen atoms in total. The van der Waals surface area contributed by atoms with Gasteiger partial charge >= 0.3 is 0 Å². The number of hydrogen-bond donors (Lipinski definition) is 2. The van der Waals surface area contributed by atoms with Gasteiger partial charge in [0.1, 0.15) is 17.3 Å². The Labute approximate surface area is 190 Å². The van der Waals surface area contributed by atoms with Crippen molar-refractivity contribution in [3.8, 4) is 22.7 Å². The molecule has 0 saturated heterocycles. The highest BCUT2D eigenvalue weighted by Gasteiger charge is 2.11. The van der Waals surface area contributed by atoms with E-state index in [4.69, 9.17) is 22.1 Å². The first-order valence-electron chi connectivity index (χ1n) is 9.77. The fraction of sp³-hybridized carbons (Fsp3) is 0.0417. The van der Waals surface area contributed by atoms with Crippen LogP contribution in [0.4, 0.5) is 10.1 Å². The number of nitrogens with zero attached hydrogens (tertiary/aromatic N) is 3. The third kappa shape index (κ3) is 5.16. The predicted molar refractivity (Wildman–Crippen MR) is 129 cm³/mol. The van der Waals surface area contributed by atoms with Gasteiger partial charge in [-0.1, -0.05) is 18.2 Å². The molecule has 0 aliphatic rings. The van der Waals surface area contributed by atoms with Crippen LogP contribution in [-0.2, 0) is 0 Å². The lowest BCUT2D eigenvalue weighted by molar-refractivity contribution is 0.415. The van der Waals surface area contributed by atoms with Crippen LogP contribution in [-0.4, -0.2) is 28.2 Å². The van der Waals surface area contributed by atoms with E-state index in [1.165, 1.54) is 12.1 Å². The molecule has 1 aromatic heterocycles. The average Bonchev–Trinajstić information content (AvgIpc) is 3.25. The molecule has 3 aromatic carbocycles. The van der Waals surface area contributed by atoms with Gasteiger partial charge in [-0.25, -0.2) is 9.07 Å². The van der Waals surface area contributed by atoms with Crippen LogP contribution in [0.3, 0.4) is 0 Å². The maximum absolute atomic E-state index is 13.0. The summed E-state index contributed by atoms with van der Waals surface area (Å²) in [6.07, 6.45) is 3.56. The Morgan fingerprint density at radius 3 is 2.44 bits per heavy atom. The standard InChI is InChI=1S/C24H20FN5OS/c1-31-22-13-7-17(8-14-22)23-18(16-30(29-23)21-5-3-2-4-6-21)15-26-28-24(32)27-20-11-9-19(25)10-12-20/h2-16H,1H3,(H2,27,28,32)/b26-15+. The Morgan fingerprint density at radius 1 is 1.03 bits per heavy atom. The van der Waals surface area contributed by atoms with Gasteiger partial charge in [-0.2, -0.15) is 10.2 Å². The lowest BCUT2D eigenvalue weighted by Crippen LogP contribution is -2.23. The van der Waals surface area contributed by atoms with Crippen molar-refractivity contribution in [2.75, 3.05) is 12.4 Å². The summed E-state index contributed by atoms with van der Waals surface area (Å²) in [5.41, 5.74) is 6.87. The molecule has 0 saturated carbocycles. The Hall–Kier alpha value is -4.04. The Balaban J connectivity index is 1.56. The second kappa shape index (κ2) is 9.84. The molecule has 0 unspecified atom stereocenters. The molecule has 8 heteroatoms. The van der Waals surface area contributed by atoms with Crippen molar-refractivity contribution in [3.05, 3.63) is 96.4 Å². The van der Waals surface area contributed by atoms with Gasteiger partial charge in [0, 0.05) is 23.0 Å². The van der Waals surface area contributed by atoms with Crippen LogP contribution in [0.5, 0.6) is 5.75 Å². The van der Waals surface area contributed by atoms with Crippen LogP contribution in [0.25, 0.3) is 16.9 Å². The highest BCUT2D eigenvalue weighted by Crippen LogP contribution is 2.25. The Morgan fingerprint density at radius 2 is 1.75 bits per heavy atom. The molecule has 160 valence electrons. The second-order valence-corrected chi connectivity index (χ2v) is 7.18. The van der Waals surface area contributed by atoms with Crippen molar-refractivity contribution >= 4 is 29.2 Å². The lowest BCUT2D eigenvalue weighted by Gasteiger charge is -2.06. The lowest BCUT2D eigenvalue weighted by atomic mass is 10.1. The summed E-state index contributed by atoms with van der Waals surface area (Å²) in [6, 6.07) is 23.4. The quantitative estimate of drug-likeness (QED) is 0.248. The van der Waals surface area contributed by atoms with Crippen LogP contribution in [0.1, 0.15) is 5.56 Å². The van der Waals surface area contributed by atoms with E-state index in [-0.39, 0.29) is 10.9 Å². The Bertz CT molecular complexity index is 1220. The van der Waals surface area contributed by atoms with Gasteiger partial charge in [0.05, 0.1) is 19.0 Å². The van der Waals surface area contributed by atoms with Crippen molar-refractivity contribution < 1.29 is 9.13 Å². The molecule has 0 aliphatic heterocycles. The van der Waals surface area contributed by atoms with Crippen molar-refractivity contribution in [1.29, 1.82) is 0 Å². The molecule has 0 fully saturated rings. The second-order valence-electron chi connectivity index (χ2n) is 6.77. The highest BCUT2D eigenvalue weighted by atomic mass is 32.1. The largest absolute Gasteiger partial charge is 0.497 e. The molecule has 32 heavy (non-hydrogen) atoms. The zero-order valence-corrected chi connectivity index (χ0v) is 18.0. The average molecular weight is 446 g/mol. The number of methoxy groups -OCH3 is 1. The number of thiocarbonyl (C=S) groups is 1. The van der Waals surface area contributed by atoms with E-state index in [9.17, 15) is 4.39 Å². The molecule has 0 atom stereocenters. The van der Waals surface area contributed by atoms with Crippen LogP contribution in [0.15, 0.2) is 90.2 Å². The fourth-order valence-corrected chi connectivity index (χ4v) is 3.19. The third-order valence-electron chi connectivity index (χ3n) is 4.60. The molecule has 1 heterocycles. The van der Waals surface area contributed by atoms with E-state index >= 15 is 0 Å². The summed E-state index contributed by atoms with van der Waals surface area (Å²) in [6.45, 7) is 0. The molecule has 4 rings (SSSR count). The summed E-state index contributed by atoms with van der Waals surface area (Å²) in [7, 11) is 1.63. The molecule has 0 aliphatic carbocycles. The topological polar surface area (TPSA) is 63.5 Å². The number of rotatable bonds is 6. The van der Waals surface area contributed by atoms with Crippen molar-refractivity contribution in [2.24, 2.45) is 5.10 Å². The Kier molecular flexibility index (Phi) is 6.52. The normalized spacial score (nSPS) is 10.8. The van der Waals surface area contributed by atoms with Gasteiger partial charge < -0.3 is 10.1 Å². The van der Waals surface area contributed by atoms with Crippen molar-refractivity contribution in [1.82, 2.24) is 15.2 Å². The van der Waals surface area contributed by atoms with E-state index in [1.807, 2.05) is 60.8 Å². The molecule has 0 bridgehead atoms. The van der Waals surface area contributed by atoms with Crippen molar-refractivity contribution in [3.63, 3.8) is 0 Å². The van der Waals surface area contributed by atoms with E-state index in [1.54, 1.807) is 30.1 Å². The summed E-state index contributed by atoms with van der Waals surface area (Å²) >= 11 is 5.26. The SMILES string of the molecule is COc1ccc(-c2nn(-c3ccccc3)cc2/C=N/NC(=S)Nc2ccc(F)cc2)cc1. The van der Waals surface area contributed by atoms with Crippen LogP contribution >= 0.6 is 12.2 Å². The van der Waals surface area contributed by atoms with Crippen LogP contribution < -0.4 is 15.5 Å². The number of aromatic nitrogens is 2. The number of halogens is 1. The summed E-state index contributed by atoms with van der Waals surface area (Å²) < 4.78 is 20.1. The zero-order valence-electron chi connectivity index (χ0n) is 17.2. The minimum atomic E-state index is -0.311. The number of para-hydroxylation sites is 1. The zero-order chi connectivity index (χ0) is 22.3. The predicted octanol–water partition coefficient (Wildman–Crippen LogP) is 5.01. The monoisotopic (exact) mass is 445 g/mol. The first-order valence-corrected chi connectivity index (χ1v) is 10.2. The van der Waals surface area contributed by atoms with Crippen molar-refractivity contribution in [2.45, 2.75) is 0 Å². The maximum atomic E-state index is 13.0. The molecular formula is C24H20FN5OS. The number of anilines is 1. The van der Waals surface area contributed by atoms with Gasteiger partial charge in [0.15, 0.2) is 5.11 Å². The van der Waals surface area contributed by atoms with E-state index < -0.39 is 0 Å². The molecule has 0 radical (unpaired) electrons.